The molecule has 4 aliphatic carbocycles. The number of benzene rings is 1. The van der Waals surface area contributed by atoms with Crippen molar-refractivity contribution in [3.05, 3.63) is 46.8 Å². The van der Waals surface area contributed by atoms with Gasteiger partial charge in [-0.3, -0.25) is 4.79 Å². The molecule has 6 rings (SSSR count). The first-order chi connectivity index (χ1) is 14.9. The number of hydrogen-bond acceptors (Lipinski definition) is 4. The third-order valence-corrected chi connectivity index (χ3v) is 8.23. The highest BCUT2D eigenvalue weighted by molar-refractivity contribution is 5.79. The number of nitrogens with zero attached hydrogens (tertiary/aromatic N) is 1. The van der Waals surface area contributed by atoms with E-state index in [2.05, 4.69) is 17.4 Å². The zero-order valence-corrected chi connectivity index (χ0v) is 18.9. The highest BCUT2D eigenvalue weighted by atomic mass is 16.5. The van der Waals surface area contributed by atoms with Crippen LogP contribution in [0.2, 0.25) is 0 Å². The summed E-state index contributed by atoms with van der Waals surface area (Å²) < 4.78 is 11.1. The lowest BCUT2D eigenvalue weighted by molar-refractivity contribution is -0.125. The number of carbonyl (C=O) groups excluding carboxylic acids is 1. The summed E-state index contributed by atoms with van der Waals surface area (Å²) in [5.74, 6) is 4.42. The second kappa shape index (κ2) is 7.99. The Morgan fingerprint density at radius 3 is 2.29 bits per heavy atom. The van der Waals surface area contributed by atoms with Crippen molar-refractivity contribution in [1.29, 1.82) is 0 Å². The Kier molecular flexibility index (Phi) is 5.31. The molecule has 4 saturated carbocycles. The van der Waals surface area contributed by atoms with Crippen LogP contribution in [0.3, 0.4) is 0 Å². The van der Waals surface area contributed by atoms with Crippen LogP contribution >= 0.6 is 0 Å². The van der Waals surface area contributed by atoms with Crippen LogP contribution in [0.15, 0.2) is 28.8 Å². The third-order valence-electron chi connectivity index (χ3n) is 8.23. The molecule has 4 bridgehead atoms. The van der Waals surface area contributed by atoms with E-state index in [1.165, 1.54) is 38.5 Å². The Hall–Kier alpha value is -2.30. The van der Waals surface area contributed by atoms with Crippen molar-refractivity contribution in [2.45, 2.75) is 78.4 Å². The van der Waals surface area contributed by atoms with Gasteiger partial charge in [-0.15, -0.1) is 0 Å². The molecule has 0 aliphatic heterocycles. The maximum Gasteiger partial charge on any atom is 0.224 e. The van der Waals surface area contributed by atoms with E-state index >= 15 is 0 Å². The van der Waals surface area contributed by atoms with Gasteiger partial charge in [0.2, 0.25) is 5.91 Å². The maximum atomic E-state index is 12.8. The molecule has 31 heavy (non-hydrogen) atoms. The number of aromatic nitrogens is 1. The van der Waals surface area contributed by atoms with Gasteiger partial charge in [0.25, 0.3) is 0 Å². The van der Waals surface area contributed by atoms with Crippen LogP contribution in [0.4, 0.5) is 0 Å². The van der Waals surface area contributed by atoms with Crippen molar-refractivity contribution in [1.82, 2.24) is 10.5 Å². The van der Waals surface area contributed by atoms with Gasteiger partial charge < -0.3 is 14.6 Å². The van der Waals surface area contributed by atoms with E-state index in [0.717, 1.165) is 46.1 Å². The minimum absolute atomic E-state index is 0.132. The molecule has 4 fully saturated rings. The largest absolute Gasteiger partial charge is 0.489 e. The summed E-state index contributed by atoms with van der Waals surface area (Å²) in [5, 5.41) is 7.33. The summed E-state index contributed by atoms with van der Waals surface area (Å²) in [7, 11) is 0. The summed E-state index contributed by atoms with van der Waals surface area (Å²) in [6.07, 6.45) is 8.67. The lowest BCUT2D eigenvalue weighted by atomic mass is 9.48. The molecule has 5 heteroatoms. The quantitative estimate of drug-likeness (QED) is 0.671. The van der Waals surface area contributed by atoms with Crippen LogP contribution in [-0.4, -0.2) is 17.1 Å². The zero-order valence-electron chi connectivity index (χ0n) is 18.9. The van der Waals surface area contributed by atoms with Gasteiger partial charge in [0, 0.05) is 6.04 Å². The molecule has 1 aromatic carbocycles. The minimum Gasteiger partial charge on any atom is -0.489 e. The monoisotopic (exact) mass is 422 g/mol. The molecule has 0 spiro atoms. The van der Waals surface area contributed by atoms with E-state index in [9.17, 15) is 4.79 Å². The first kappa shape index (κ1) is 20.6. The third kappa shape index (κ3) is 4.11. The van der Waals surface area contributed by atoms with E-state index in [0.29, 0.717) is 18.4 Å². The Morgan fingerprint density at radius 1 is 1.13 bits per heavy atom. The number of amides is 1. The highest BCUT2D eigenvalue weighted by Crippen LogP contribution is 2.61. The van der Waals surface area contributed by atoms with Gasteiger partial charge in [-0.25, -0.2) is 0 Å². The van der Waals surface area contributed by atoms with Gasteiger partial charge in [-0.1, -0.05) is 17.3 Å². The van der Waals surface area contributed by atoms with Crippen LogP contribution in [0.5, 0.6) is 5.75 Å². The van der Waals surface area contributed by atoms with Crippen LogP contribution in [0, 0.1) is 37.0 Å². The molecule has 2 aromatic rings. The van der Waals surface area contributed by atoms with Gasteiger partial charge in [0.05, 0.1) is 17.7 Å². The van der Waals surface area contributed by atoms with Crippen molar-refractivity contribution in [2.75, 3.05) is 0 Å². The predicted octanol–water partition coefficient (Wildman–Crippen LogP) is 5.13. The normalized spacial score (nSPS) is 29.7. The summed E-state index contributed by atoms with van der Waals surface area (Å²) in [4.78, 5) is 12.8. The van der Waals surface area contributed by atoms with Gasteiger partial charge in [-0.2, -0.15) is 0 Å². The average Bonchev–Trinajstić information content (AvgIpc) is 3.04. The van der Waals surface area contributed by atoms with E-state index in [-0.39, 0.29) is 11.9 Å². The molecule has 0 unspecified atom stereocenters. The van der Waals surface area contributed by atoms with Gasteiger partial charge in [0.1, 0.15) is 18.1 Å². The molecule has 1 atom stereocenters. The predicted molar refractivity (Wildman–Crippen MR) is 119 cm³/mol. The molecule has 5 nitrogen and oxygen atoms in total. The second-order valence-electron chi connectivity index (χ2n) is 10.5. The van der Waals surface area contributed by atoms with Crippen LogP contribution in [-0.2, 0) is 17.8 Å². The fourth-order valence-electron chi connectivity index (χ4n) is 6.91. The summed E-state index contributed by atoms with van der Waals surface area (Å²) in [6.45, 7) is 6.49. The first-order valence-electron chi connectivity index (χ1n) is 11.8. The van der Waals surface area contributed by atoms with Crippen molar-refractivity contribution < 1.29 is 14.1 Å². The Morgan fingerprint density at radius 2 is 1.74 bits per heavy atom. The number of aryl methyl sites for hydroxylation is 2. The molecular formula is C26H34N2O3. The fraction of sp³-hybridized carbons (Fsp3) is 0.615. The Bertz CT molecular complexity index is 891. The maximum absolute atomic E-state index is 12.8. The van der Waals surface area contributed by atoms with Crippen molar-refractivity contribution in [3.8, 4) is 5.75 Å². The molecule has 1 amide bonds. The van der Waals surface area contributed by atoms with Gasteiger partial charge in [0.15, 0.2) is 0 Å². The summed E-state index contributed by atoms with van der Waals surface area (Å²) >= 11 is 0. The van der Waals surface area contributed by atoms with Crippen molar-refractivity contribution >= 4 is 5.91 Å². The zero-order chi connectivity index (χ0) is 21.6. The summed E-state index contributed by atoms with van der Waals surface area (Å²) in [6, 6.07) is 8.10. The minimum atomic E-state index is 0.132. The average molecular weight is 423 g/mol. The fourth-order valence-corrected chi connectivity index (χ4v) is 6.91. The first-order valence-corrected chi connectivity index (χ1v) is 11.8. The number of ether oxygens (including phenoxy) is 1. The van der Waals surface area contributed by atoms with E-state index in [4.69, 9.17) is 9.26 Å². The van der Waals surface area contributed by atoms with Crippen LogP contribution < -0.4 is 10.1 Å². The van der Waals surface area contributed by atoms with Crippen LogP contribution in [0.25, 0.3) is 0 Å². The Labute approximate surface area is 184 Å². The Balaban J connectivity index is 1.15. The smallest absolute Gasteiger partial charge is 0.224 e. The standard InChI is InChI=1S/C26H34N2O3/c1-16-24(17(2)31-28-16)15-30-23-6-4-19(5-7-23)11-25(29)27-18(3)26-12-20-8-21(13-26)10-22(9-20)14-26/h4-7,18,20-22H,8-15H2,1-3H3,(H,27,29)/t18-,20?,21?,22?,26?/m0/s1. The number of nitrogens with one attached hydrogen (secondary N) is 1. The second-order valence-corrected chi connectivity index (χ2v) is 10.5. The number of rotatable bonds is 7. The lowest BCUT2D eigenvalue weighted by Gasteiger charge is -2.59. The van der Waals surface area contributed by atoms with E-state index in [1.807, 2.05) is 38.1 Å². The molecule has 4 aliphatic rings. The molecule has 1 aromatic heterocycles. The molecule has 1 heterocycles. The molecule has 0 saturated heterocycles. The van der Waals surface area contributed by atoms with Gasteiger partial charge in [-0.05, 0) is 100 Å². The molecular weight excluding hydrogens is 388 g/mol. The highest BCUT2D eigenvalue weighted by Gasteiger charge is 2.53. The SMILES string of the molecule is Cc1noc(C)c1COc1ccc(CC(=O)N[C@@H](C)C23CC4CC(CC(C4)C2)C3)cc1. The van der Waals surface area contributed by atoms with E-state index < -0.39 is 0 Å². The van der Waals surface area contributed by atoms with Crippen LogP contribution in [0.1, 0.15) is 68.0 Å². The van der Waals surface area contributed by atoms with Crippen molar-refractivity contribution in [2.24, 2.45) is 23.2 Å². The molecule has 166 valence electrons. The molecule has 1 N–H and O–H groups in total. The van der Waals surface area contributed by atoms with Gasteiger partial charge >= 0.3 is 0 Å². The summed E-state index contributed by atoms with van der Waals surface area (Å²) in [5.41, 5.74) is 3.21. The van der Waals surface area contributed by atoms with E-state index in [1.54, 1.807) is 0 Å². The molecule has 0 radical (unpaired) electrons. The van der Waals surface area contributed by atoms with Crippen molar-refractivity contribution in [3.63, 3.8) is 0 Å². The lowest BCUT2D eigenvalue weighted by Crippen LogP contribution is -2.56. The topological polar surface area (TPSA) is 64.4 Å². The number of hydrogen-bond donors (Lipinski definition) is 1. The number of carbonyl (C=O) groups is 1.